The maximum absolute atomic E-state index is 13.9. The summed E-state index contributed by atoms with van der Waals surface area (Å²) in [7, 11) is 0. The Morgan fingerprint density at radius 2 is 1.83 bits per heavy atom. The van der Waals surface area contributed by atoms with E-state index in [1.54, 1.807) is 0 Å². The molecule has 7 heteroatoms. The summed E-state index contributed by atoms with van der Waals surface area (Å²) in [6.07, 6.45) is 1.20. The number of hydrogen-bond acceptors (Lipinski definition) is 4. The van der Waals surface area contributed by atoms with Crippen molar-refractivity contribution in [1.29, 1.82) is 0 Å². The van der Waals surface area contributed by atoms with E-state index < -0.39 is 11.6 Å². The molecule has 5 rings (SSSR count). The van der Waals surface area contributed by atoms with Gasteiger partial charge in [-0.1, -0.05) is 47.7 Å². The van der Waals surface area contributed by atoms with Crippen LogP contribution in [0.1, 0.15) is 23.2 Å². The number of ether oxygens (including phenoxy) is 1. The van der Waals surface area contributed by atoms with Gasteiger partial charge in [0, 0.05) is 37.6 Å². The molecule has 30 heavy (non-hydrogen) atoms. The van der Waals surface area contributed by atoms with Crippen molar-refractivity contribution in [3.63, 3.8) is 0 Å². The molecule has 1 aliphatic rings. The molecule has 1 aromatic heterocycles. The normalized spacial score (nSPS) is 15.1. The Hall–Kier alpha value is -3.06. The lowest BCUT2D eigenvalue weighted by atomic mass is 10.0. The summed E-state index contributed by atoms with van der Waals surface area (Å²) in [6, 6.07) is 15.7. The monoisotopic (exact) mass is 424 g/mol. The summed E-state index contributed by atoms with van der Waals surface area (Å²) in [6.45, 7) is 1.14. The van der Waals surface area contributed by atoms with Crippen molar-refractivity contribution in [2.24, 2.45) is 0 Å². The number of amides is 1. The lowest BCUT2D eigenvalue weighted by Gasteiger charge is -2.32. The average molecular weight is 424 g/mol. The van der Waals surface area contributed by atoms with Crippen molar-refractivity contribution in [3.05, 3.63) is 71.8 Å². The first-order valence-corrected chi connectivity index (χ1v) is 10.6. The van der Waals surface area contributed by atoms with Crippen LogP contribution in [-0.4, -0.2) is 35.0 Å². The van der Waals surface area contributed by atoms with E-state index in [2.05, 4.69) is 4.98 Å². The zero-order valence-corrected chi connectivity index (χ0v) is 16.8. The predicted molar refractivity (Wildman–Crippen MR) is 113 cm³/mol. The minimum atomic E-state index is -0.688. The molecule has 1 aliphatic heterocycles. The van der Waals surface area contributed by atoms with Gasteiger partial charge in [0.2, 0.25) is 0 Å². The van der Waals surface area contributed by atoms with Crippen molar-refractivity contribution in [3.8, 4) is 5.19 Å². The van der Waals surface area contributed by atoms with E-state index in [1.807, 2.05) is 47.4 Å². The van der Waals surface area contributed by atoms with Crippen LogP contribution in [0.3, 0.4) is 0 Å². The maximum Gasteiger partial charge on any atom is 0.274 e. The summed E-state index contributed by atoms with van der Waals surface area (Å²) in [5.41, 5.74) is 0.830. The molecule has 0 atom stereocenters. The van der Waals surface area contributed by atoms with Crippen LogP contribution in [0.25, 0.3) is 21.0 Å². The number of fused-ring (bicyclic) bond motifs is 2. The summed E-state index contributed by atoms with van der Waals surface area (Å²) >= 11 is 1.13. The van der Waals surface area contributed by atoms with Crippen molar-refractivity contribution in [1.82, 2.24) is 9.88 Å². The van der Waals surface area contributed by atoms with Gasteiger partial charge in [0.1, 0.15) is 17.4 Å². The number of piperidine rings is 1. The average Bonchev–Trinajstić information content (AvgIpc) is 3.16. The number of rotatable bonds is 3. The van der Waals surface area contributed by atoms with Crippen LogP contribution in [0, 0.1) is 11.6 Å². The number of halogens is 2. The first kappa shape index (κ1) is 18.9. The van der Waals surface area contributed by atoms with Crippen LogP contribution in [0.15, 0.2) is 54.6 Å². The Morgan fingerprint density at radius 1 is 1.07 bits per heavy atom. The highest BCUT2D eigenvalue weighted by Gasteiger charge is 2.26. The minimum absolute atomic E-state index is 0.0165. The van der Waals surface area contributed by atoms with Crippen LogP contribution in [0.5, 0.6) is 5.19 Å². The van der Waals surface area contributed by atoms with E-state index in [-0.39, 0.29) is 17.5 Å². The van der Waals surface area contributed by atoms with Crippen molar-refractivity contribution >= 4 is 38.2 Å². The van der Waals surface area contributed by atoms with E-state index in [0.29, 0.717) is 41.4 Å². The number of thiazole rings is 1. The first-order chi connectivity index (χ1) is 14.6. The Morgan fingerprint density at radius 3 is 2.67 bits per heavy atom. The van der Waals surface area contributed by atoms with Gasteiger partial charge in [0.15, 0.2) is 5.82 Å². The lowest BCUT2D eigenvalue weighted by molar-refractivity contribution is 0.0597. The van der Waals surface area contributed by atoms with Crippen LogP contribution in [0.4, 0.5) is 8.78 Å². The first-order valence-electron chi connectivity index (χ1n) is 9.78. The third-order valence-corrected chi connectivity index (χ3v) is 6.30. The third kappa shape index (κ3) is 3.50. The Bertz CT molecular complexity index is 1240. The van der Waals surface area contributed by atoms with Gasteiger partial charge in [-0.25, -0.2) is 8.78 Å². The second-order valence-electron chi connectivity index (χ2n) is 7.35. The second-order valence-corrected chi connectivity index (χ2v) is 8.34. The fourth-order valence-corrected chi connectivity index (χ4v) is 4.81. The molecule has 1 amide bonds. The molecule has 0 aliphatic carbocycles. The highest BCUT2D eigenvalue weighted by atomic mass is 32.1. The molecule has 0 N–H and O–H groups in total. The number of hydrogen-bond donors (Lipinski definition) is 0. The topological polar surface area (TPSA) is 42.4 Å². The molecule has 4 aromatic rings. The number of aromatic nitrogens is 1. The zero-order valence-electron chi connectivity index (χ0n) is 16.0. The number of carbonyl (C=O) groups is 1. The molecule has 1 fully saturated rings. The summed E-state index contributed by atoms with van der Waals surface area (Å²) in [5, 5.41) is 2.32. The summed E-state index contributed by atoms with van der Waals surface area (Å²) in [4.78, 5) is 19.1. The fraction of sp³-hybridized carbons (Fsp3) is 0.217. The lowest BCUT2D eigenvalue weighted by Crippen LogP contribution is -2.41. The highest BCUT2D eigenvalue weighted by Crippen LogP contribution is 2.32. The molecule has 0 unspecified atom stereocenters. The largest absolute Gasteiger partial charge is 0.467 e. The zero-order chi connectivity index (χ0) is 20.7. The Balaban J connectivity index is 1.27. The highest BCUT2D eigenvalue weighted by molar-refractivity contribution is 7.20. The summed E-state index contributed by atoms with van der Waals surface area (Å²) in [5.74, 6) is -1.30. The van der Waals surface area contributed by atoms with E-state index in [9.17, 15) is 13.6 Å². The molecule has 3 aromatic carbocycles. The minimum Gasteiger partial charge on any atom is -0.467 e. The van der Waals surface area contributed by atoms with E-state index in [0.717, 1.165) is 28.2 Å². The quantitative estimate of drug-likeness (QED) is 0.442. The van der Waals surface area contributed by atoms with Crippen LogP contribution < -0.4 is 4.74 Å². The SMILES string of the molecule is O=C(c1cccc2ccccc12)N1CCC(Oc2nc3c(F)cc(F)cc3s2)CC1. The molecule has 4 nitrogen and oxygen atoms in total. The maximum atomic E-state index is 13.9. The Kier molecular flexibility index (Phi) is 4.83. The van der Waals surface area contributed by atoms with Gasteiger partial charge in [-0.05, 0) is 22.9 Å². The number of benzene rings is 3. The van der Waals surface area contributed by atoms with Crippen molar-refractivity contribution in [2.75, 3.05) is 13.1 Å². The second kappa shape index (κ2) is 7.65. The summed E-state index contributed by atoms with van der Waals surface area (Å²) < 4.78 is 33.6. The molecule has 152 valence electrons. The Labute approximate surface area is 175 Å². The van der Waals surface area contributed by atoms with Crippen LogP contribution in [0.2, 0.25) is 0 Å². The third-order valence-electron chi connectivity index (χ3n) is 5.41. The van der Waals surface area contributed by atoms with E-state index >= 15 is 0 Å². The molecule has 0 radical (unpaired) electrons. The predicted octanol–water partition coefficient (Wildman–Crippen LogP) is 5.41. The van der Waals surface area contributed by atoms with Crippen LogP contribution >= 0.6 is 11.3 Å². The number of carbonyl (C=O) groups excluding carboxylic acids is 1. The van der Waals surface area contributed by atoms with E-state index in [4.69, 9.17) is 4.74 Å². The van der Waals surface area contributed by atoms with Gasteiger partial charge in [0.05, 0.1) is 4.70 Å². The molecular weight excluding hydrogens is 406 g/mol. The van der Waals surface area contributed by atoms with Crippen molar-refractivity contribution in [2.45, 2.75) is 18.9 Å². The molecule has 0 saturated carbocycles. The molecule has 0 bridgehead atoms. The van der Waals surface area contributed by atoms with Gasteiger partial charge in [-0.15, -0.1) is 0 Å². The van der Waals surface area contributed by atoms with Gasteiger partial charge in [-0.2, -0.15) is 4.98 Å². The fourth-order valence-electron chi connectivity index (χ4n) is 3.89. The molecule has 1 saturated heterocycles. The molecular formula is C23H18F2N2O2S. The van der Waals surface area contributed by atoms with Crippen LogP contribution in [-0.2, 0) is 0 Å². The van der Waals surface area contributed by atoms with Gasteiger partial charge in [0.25, 0.3) is 11.1 Å². The molecule has 0 spiro atoms. The van der Waals surface area contributed by atoms with E-state index in [1.165, 1.54) is 6.07 Å². The smallest absolute Gasteiger partial charge is 0.274 e. The van der Waals surface area contributed by atoms with Gasteiger partial charge in [-0.3, -0.25) is 4.79 Å². The number of likely N-dealkylation sites (tertiary alicyclic amines) is 1. The standard InChI is InChI=1S/C23H18F2N2O2S/c24-15-12-19(25)21-20(13-15)30-23(26-21)29-16-8-10-27(11-9-16)22(28)18-7-3-5-14-4-1-2-6-17(14)18/h1-7,12-13,16H,8-11H2. The number of nitrogens with zero attached hydrogens (tertiary/aromatic N) is 2. The van der Waals surface area contributed by atoms with Crippen molar-refractivity contribution < 1.29 is 18.3 Å². The van der Waals surface area contributed by atoms with Gasteiger partial charge < -0.3 is 9.64 Å². The van der Waals surface area contributed by atoms with Gasteiger partial charge >= 0.3 is 0 Å². The molecule has 2 heterocycles.